The molecule has 0 bridgehead atoms. The fourth-order valence-electron chi connectivity index (χ4n) is 2.60. The summed E-state index contributed by atoms with van der Waals surface area (Å²) in [7, 11) is 0. The minimum absolute atomic E-state index is 0.0454. The van der Waals surface area contributed by atoms with Crippen molar-refractivity contribution in [3.63, 3.8) is 0 Å². The van der Waals surface area contributed by atoms with Crippen molar-refractivity contribution in [2.45, 2.75) is 46.1 Å². The van der Waals surface area contributed by atoms with E-state index in [9.17, 15) is 4.79 Å². The number of aromatic nitrogens is 3. The van der Waals surface area contributed by atoms with Gasteiger partial charge in [0.1, 0.15) is 16.0 Å². The molecule has 118 valence electrons. The van der Waals surface area contributed by atoms with Crippen LogP contribution in [0.5, 0.6) is 0 Å². The molecule has 1 unspecified atom stereocenters. The fourth-order valence-corrected chi connectivity index (χ4v) is 3.65. The van der Waals surface area contributed by atoms with Gasteiger partial charge in [-0.2, -0.15) is 5.10 Å². The molecule has 0 radical (unpaired) electrons. The molecule has 1 aliphatic rings. The molecule has 1 fully saturated rings. The second-order valence-electron chi connectivity index (χ2n) is 5.45. The van der Waals surface area contributed by atoms with Gasteiger partial charge in [0.05, 0.1) is 5.69 Å². The quantitative estimate of drug-likeness (QED) is 0.907. The molecule has 1 amide bonds. The van der Waals surface area contributed by atoms with Gasteiger partial charge in [-0.1, -0.05) is 6.92 Å². The van der Waals surface area contributed by atoms with Crippen LogP contribution < -0.4 is 5.32 Å². The molecule has 0 aromatic carbocycles. The number of nitrogens with one attached hydrogen (secondary N) is 2. The Bertz CT molecular complexity index is 686. The molecule has 2 aromatic rings. The highest BCUT2D eigenvalue weighted by Crippen LogP contribution is 2.33. The Morgan fingerprint density at radius 3 is 2.95 bits per heavy atom. The molecular formula is C15H20N4O2S. The van der Waals surface area contributed by atoms with E-state index in [1.807, 2.05) is 20.8 Å². The van der Waals surface area contributed by atoms with Crippen molar-refractivity contribution >= 4 is 23.1 Å². The smallest absolute Gasteiger partial charge is 0.268 e. The summed E-state index contributed by atoms with van der Waals surface area (Å²) in [5.74, 6) is 0.435. The molecule has 0 spiro atoms. The van der Waals surface area contributed by atoms with Crippen molar-refractivity contribution in [3.05, 3.63) is 26.8 Å². The van der Waals surface area contributed by atoms with Gasteiger partial charge in [-0.15, -0.1) is 11.3 Å². The zero-order chi connectivity index (χ0) is 15.7. The van der Waals surface area contributed by atoms with Gasteiger partial charge in [0.25, 0.3) is 5.91 Å². The lowest BCUT2D eigenvalue weighted by molar-refractivity contribution is 0.102. The Morgan fingerprint density at radius 2 is 2.32 bits per heavy atom. The monoisotopic (exact) mass is 320 g/mol. The molecule has 2 N–H and O–H groups in total. The van der Waals surface area contributed by atoms with E-state index >= 15 is 0 Å². The summed E-state index contributed by atoms with van der Waals surface area (Å²) in [5.41, 5.74) is 2.77. The molecule has 1 saturated heterocycles. The highest BCUT2D eigenvalue weighted by atomic mass is 32.1. The lowest BCUT2D eigenvalue weighted by Gasteiger charge is -2.03. The van der Waals surface area contributed by atoms with E-state index in [0.717, 1.165) is 47.8 Å². The van der Waals surface area contributed by atoms with Crippen LogP contribution in [0.1, 0.15) is 57.5 Å². The first-order valence-corrected chi connectivity index (χ1v) is 8.36. The van der Waals surface area contributed by atoms with Crippen LogP contribution in [0.4, 0.5) is 5.82 Å². The maximum atomic E-state index is 12.5. The number of aromatic amines is 1. The zero-order valence-electron chi connectivity index (χ0n) is 13.0. The molecule has 3 heterocycles. The molecule has 3 rings (SSSR count). The summed E-state index contributed by atoms with van der Waals surface area (Å²) in [5, 5.41) is 10.9. The topological polar surface area (TPSA) is 79.9 Å². The SMILES string of the molecule is CCc1[nH]nc(NC(=O)c2sc(C3CCCO3)nc2C)c1C. The molecule has 1 atom stereocenters. The van der Waals surface area contributed by atoms with Crippen molar-refractivity contribution in [3.8, 4) is 0 Å². The summed E-state index contributed by atoms with van der Waals surface area (Å²) >= 11 is 1.42. The normalized spacial score (nSPS) is 17.9. The maximum Gasteiger partial charge on any atom is 0.268 e. The summed E-state index contributed by atoms with van der Waals surface area (Å²) in [6, 6.07) is 0. The lowest BCUT2D eigenvalue weighted by atomic mass is 10.2. The second-order valence-corrected chi connectivity index (χ2v) is 6.48. The van der Waals surface area contributed by atoms with Crippen molar-refractivity contribution in [1.82, 2.24) is 15.2 Å². The van der Waals surface area contributed by atoms with Crippen LogP contribution in [0.2, 0.25) is 0 Å². The van der Waals surface area contributed by atoms with Crippen LogP contribution >= 0.6 is 11.3 Å². The largest absolute Gasteiger partial charge is 0.371 e. The van der Waals surface area contributed by atoms with Crippen LogP contribution in [0.15, 0.2) is 0 Å². The average Bonchev–Trinajstić information content (AvgIpc) is 3.20. The van der Waals surface area contributed by atoms with Gasteiger partial charge in [-0.25, -0.2) is 4.98 Å². The summed E-state index contributed by atoms with van der Waals surface area (Å²) in [6.07, 6.45) is 2.94. The Labute approximate surface area is 133 Å². The van der Waals surface area contributed by atoms with Crippen LogP contribution in [0.25, 0.3) is 0 Å². The van der Waals surface area contributed by atoms with Gasteiger partial charge in [0.2, 0.25) is 0 Å². The number of amides is 1. The van der Waals surface area contributed by atoms with Crippen LogP contribution in [-0.4, -0.2) is 27.7 Å². The summed E-state index contributed by atoms with van der Waals surface area (Å²) in [6.45, 7) is 6.64. The number of carbonyl (C=O) groups excluding carboxylic acids is 1. The molecule has 1 aliphatic heterocycles. The molecule has 0 saturated carbocycles. The molecule has 7 heteroatoms. The van der Waals surface area contributed by atoms with Crippen LogP contribution in [0, 0.1) is 13.8 Å². The van der Waals surface area contributed by atoms with E-state index in [-0.39, 0.29) is 12.0 Å². The summed E-state index contributed by atoms with van der Waals surface area (Å²) < 4.78 is 5.64. The minimum atomic E-state index is -0.156. The van der Waals surface area contributed by atoms with Gasteiger partial charge in [-0.05, 0) is 33.1 Å². The lowest BCUT2D eigenvalue weighted by Crippen LogP contribution is -2.12. The summed E-state index contributed by atoms with van der Waals surface area (Å²) in [4.78, 5) is 17.6. The number of anilines is 1. The van der Waals surface area contributed by atoms with E-state index in [4.69, 9.17) is 4.74 Å². The van der Waals surface area contributed by atoms with Crippen molar-refractivity contribution < 1.29 is 9.53 Å². The predicted molar refractivity (Wildman–Crippen MR) is 85.4 cm³/mol. The number of hydrogen-bond acceptors (Lipinski definition) is 5. The number of carbonyl (C=O) groups is 1. The number of H-pyrrole nitrogens is 1. The number of thiazole rings is 1. The predicted octanol–water partition coefficient (Wildman–Crippen LogP) is 3.15. The van der Waals surface area contributed by atoms with Crippen molar-refractivity contribution in [1.29, 1.82) is 0 Å². The standard InChI is InChI=1S/C15H20N4O2S/c1-4-10-8(2)13(19-18-10)17-14(20)12-9(3)16-15(22-12)11-6-5-7-21-11/h11H,4-7H2,1-3H3,(H2,17,18,19,20). The number of aryl methyl sites for hydroxylation is 2. The Balaban J connectivity index is 1.78. The van der Waals surface area contributed by atoms with Gasteiger partial charge < -0.3 is 10.1 Å². The number of ether oxygens (including phenoxy) is 1. The maximum absolute atomic E-state index is 12.5. The van der Waals surface area contributed by atoms with E-state index < -0.39 is 0 Å². The van der Waals surface area contributed by atoms with Gasteiger partial charge in [0.15, 0.2) is 5.82 Å². The average molecular weight is 320 g/mol. The molecule has 2 aromatic heterocycles. The Kier molecular flexibility index (Phi) is 4.26. The third-order valence-corrected chi connectivity index (χ3v) is 5.17. The zero-order valence-corrected chi connectivity index (χ0v) is 13.8. The van der Waals surface area contributed by atoms with E-state index in [1.54, 1.807) is 0 Å². The third-order valence-electron chi connectivity index (χ3n) is 3.92. The third kappa shape index (κ3) is 2.78. The van der Waals surface area contributed by atoms with Crippen molar-refractivity contribution in [2.75, 3.05) is 11.9 Å². The molecule has 0 aliphatic carbocycles. The highest BCUT2D eigenvalue weighted by Gasteiger charge is 2.25. The van der Waals surface area contributed by atoms with Crippen molar-refractivity contribution in [2.24, 2.45) is 0 Å². The van der Waals surface area contributed by atoms with Crippen LogP contribution in [0.3, 0.4) is 0 Å². The molecule has 6 nitrogen and oxygen atoms in total. The van der Waals surface area contributed by atoms with Gasteiger partial charge in [0, 0.05) is 17.9 Å². The number of hydrogen-bond donors (Lipinski definition) is 2. The Morgan fingerprint density at radius 1 is 1.50 bits per heavy atom. The van der Waals surface area contributed by atoms with E-state index in [1.165, 1.54) is 11.3 Å². The first kappa shape index (κ1) is 15.2. The second kappa shape index (κ2) is 6.18. The molecular weight excluding hydrogens is 300 g/mol. The first-order valence-electron chi connectivity index (χ1n) is 7.54. The number of rotatable bonds is 4. The minimum Gasteiger partial charge on any atom is -0.371 e. The van der Waals surface area contributed by atoms with Gasteiger partial charge in [-0.3, -0.25) is 9.89 Å². The van der Waals surface area contributed by atoms with Crippen LogP contribution in [-0.2, 0) is 11.2 Å². The van der Waals surface area contributed by atoms with E-state index in [2.05, 4.69) is 20.5 Å². The fraction of sp³-hybridized carbons (Fsp3) is 0.533. The Hall–Kier alpha value is -1.73. The molecule has 22 heavy (non-hydrogen) atoms. The highest BCUT2D eigenvalue weighted by molar-refractivity contribution is 7.14. The first-order chi connectivity index (χ1) is 10.6. The van der Waals surface area contributed by atoms with Gasteiger partial charge >= 0.3 is 0 Å². The van der Waals surface area contributed by atoms with E-state index in [0.29, 0.717) is 10.7 Å². The number of nitrogens with zero attached hydrogens (tertiary/aromatic N) is 2.